The topological polar surface area (TPSA) is 210 Å². The number of aliphatic imine (C=N–C) groups is 1. The third kappa shape index (κ3) is 7.13. The van der Waals surface area contributed by atoms with Crippen LogP contribution >= 0.6 is 0 Å². The maximum atomic E-state index is 13.6. The summed E-state index contributed by atoms with van der Waals surface area (Å²) in [5, 5.41) is 19.7. The number of guanidine groups is 1. The Balaban J connectivity index is 1.89. The van der Waals surface area contributed by atoms with Gasteiger partial charge in [-0.25, -0.2) is 28.3 Å². The lowest BCUT2D eigenvalue weighted by molar-refractivity contribution is -0.525. The molecule has 2 heterocycles. The second-order valence-electron chi connectivity index (χ2n) is 9.24. The third-order valence-electron chi connectivity index (χ3n) is 6.29. The highest BCUT2D eigenvalue weighted by atomic mass is 32.2. The van der Waals surface area contributed by atoms with Gasteiger partial charge in [-0.2, -0.15) is 4.72 Å². The zero-order valence-corrected chi connectivity index (χ0v) is 21.8. The van der Waals surface area contributed by atoms with Gasteiger partial charge in [-0.3, -0.25) is 9.78 Å². The number of carboxylic acid groups (broad SMARTS) is 1. The second kappa shape index (κ2) is 12.1. The van der Waals surface area contributed by atoms with Crippen LogP contribution < -0.4 is 15.9 Å². The molecule has 1 aliphatic rings. The largest absolute Gasteiger partial charge is 0.480 e. The van der Waals surface area contributed by atoms with Crippen LogP contribution in [0.1, 0.15) is 38.3 Å². The number of rotatable bonds is 10. The van der Waals surface area contributed by atoms with Gasteiger partial charge in [0.15, 0.2) is 5.03 Å². The highest BCUT2D eigenvalue weighted by Crippen LogP contribution is 2.26. The molecule has 1 aromatic carbocycles. The van der Waals surface area contributed by atoms with Crippen molar-refractivity contribution < 1.29 is 28.1 Å². The van der Waals surface area contributed by atoms with E-state index in [1.165, 1.54) is 11.0 Å². The fraction of sp³-hybridized carbons (Fsp3) is 0.478. The van der Waals surface area contributed by atoms with Crippen molar-refractivity contribution in [2.45, 2.75) is 56.5 Å². The predicted octanol–water partition coefficient (Wildman–Crippen LogP) is 0.778. The van der Waals surface area contributed by atoms with Gasteiger partial charge in [-0.1, -0.05) is 18.4 Å². The van der Waals surface area contributed by atoms with E-state index >= 15 is 0 Å². The number of pyridine rings is 1. The minimum absolute atomic E-state index is 0.0327. The Morgan fingerprint density at radius 2 is 2.08 bits per heavy atom. The molecule has 15 heteroatoms. The van der Waals surface area contributed by atoms with Gasteiger partial charge in [0, 0.05) is 24.2 Å². The number of piperidine rings is 1. The maximum Gasteiger partial charge on any atom is 0.326 e. The zero-order chi connectivity index (χ0) is 28.0. The van der Waals surface area contributed by atoms with Crippen molar-refractivity contribution in [1.82, 2.24) is 20.0 Å². The molecule has 0 saturated carbocycles. The van der Waals surface area contributed by atoms with Crippen LogP contribution in [0, 0.1) is 23.0 Å². The van der Waals surface area contributed by atoms with Crippen LogP contribution in [0.25, 0.3) is 10.9 Å². The molecule has 38 heavy (non-hydrogen) atoms. The normalized spacial score (nSPS) is 19.2. The summed E-state index contributed by atoms with van der Waals surface area (Å²) in [6.07, 6.45) is 0.921. The van der Waals surface area contributed by atoms with Crippen molar-refractivity contribution in [3.8, 4) is 0 Å². The van der Waals surface area contributed by atoms with Crippen molar-refractivity contribution in [1.29, 1.82) is 0 Å². The van der Waals surface area contributed by atoms with Gasteiger partial charge < -0.3 is 15.7 Å². The molecule has 5 N–H and O–H groups in total. The smallest absolute Gasteiger partial charge is 0.326 e. The van der Waals surface area contributed by atoms with E-state index in [0.29, 0.717) is 23.0 Å². The number of amides is 1. The molecule has 0 radical (unpaired) electrons. The van der Waals surface area contributed by atoms with Crippen LogP contribution in [-0.4, -0.2) is 71.4 Å². The van der Waals surface area contributed by atoms with Gasteiger partial charge in [0.1, 0.15) is 12.1 Å². The molecule has 0 unspecified atom stereocenters. The molecular weight excluding hydrogens is 518 g/mol. The predicted molar refractivity (Wildman–Crippen MR) is 138 cm³/mol. The van der Waals surface area contributed by atoms with Gasteiger partial charge in [0.05, 0.1) is 10.4 Å². The third-order valence-corrected chi connectivity index (χ3v) is 7.82. The molecule has 206 valence electrons. The molecule has 0 bridgehead atoms. The van der Waals surface area contributed by atoms with Gasteiger partial charge in [0.25, 0.3) is 5.96 Å². The molecule has 1 aromatic heterocycles. The number of likely N-dealkylation sites (tertiary alicyclic amines) is 1. The first-order valence-corrected chi connectivity index (χ1v) is 13.5. The average molecular weight is 550 g/mol. The monoisotopic (exact) mass is 549 g/mol. The van der Waals surface area contributed by atoms with E-state index in [9.17, 15) is 33.2 Å². The van der Waals surface area contributed by atoms with Crippen LogP contribution in [0.5, 0.6) is 0 Å². The number of benzene rings is 1. The van der Waals surface area contributed by atoms with Crippen molar-refractivity contribution in [2.75, 3.05) is 13.1 Å². The van der Waals surface area contributed by atoms with E-state index < -0.39 is 45.0 Å². The first kappa shape index (κ1) is 28.7. The number of aryl methyl sites for hydroxylation is 1. The quantitative estimate of drug-likeness (QED) is 0.107. The minimum Gasteiger partial charge on any atom is -0.480 e. The summed E-state index contributed by atoms with van der Waals surface area (Å²) in [6, 6.07) is 5.56. The SMILES string of the molecule is Cc1ccc2c(S(=O)(=O)N[C@@H](CCCN=C(N)N[N+](=O)[O-])C(=O)N3CC[C@H](C)C[C@@H]3C(=O)O)cccc2n1. The Morgan fingerprint density at radius 1 is 1.34 bits per heavy atom. The molecule has 14 nitrogen and oxygen atoms in total. The Hall–Kier alpha value is -3.85. The van der Waals surface area contributed by atoms with Crippen molar-refractivity contribution in [3.05, 3.63) is 46.1 Å². The molecule has 2 aromatic rings. The van der Waals surface area contributed by atoms with Crippen molar-refractivity contribution in [3.63, 3.8) is 0 Å². The number of carbonyl (C=O) groups excluding carboxylic acids is 1. The standard InChI is InChI=1S/C23H31N7O7S/c1-14-10-12-29(19(13-14)22(32)33)21(31)18(6-4-11-25-23(24)27-30(34)35)28-38(36,37)20-7-3-5-17-16(20)9-8-15(2)26-17/h3,5,7-9,14,18-19,28H,4,6,10-13H2,1-2H3,(H,32,33)(H3,24,25,27)/t14-,18-,19+/m0/s1. The van der Waals surface area contributed by atoms with Crippen LogP contribution in [0.4, 0.5) is 0 Å². The molecule has 1 aliphatic heterocycles. The van der Waals surface area contributed by atoms with Gasteiger partial charge in [0.2, 0.25) is 15.9 Å². The lowest BCUT2D eigenvalue weighted by Crippen LogP contribution is -2.56. The Labute approximate surface area is 219 Å². The molecule has 1 fully saturated rings. The van der Waals surface area contributed by atoms with Gasteiger partial charge in [-0.15, -0.1) is 0 Å². The number of hydrogen-bond acceptors (Lipinski definition) is 8. The summed E-state index contributed by atoms with van der Waals surface area (Å²) in [7, 11) is -4.25. The molecule has 1 saturated heterocycles. The summed E-state index contributed by atoms with van der Waals surface area (Å²) in [5.41, 5.74) is 8.29. The first-order valence-electron chi connectivity index (χ1n) is 12.0. The van der Waals surface area contributed by atoms with E-state index in [0.717, 1.165) is 0 Å². The van der Waals surface area contributed by atoms with E-state index in [1.807, 2.05) is 6.92 Å². The summed E-state index contributed by atoms with van der Waals surface area (Å²) in [4.78, 5) is 45.3. The fourth-order valence-corrected chi connectivity index (χ4v) is 5.85. The number of carbonyl (C=O) groups is 2. The minimum atomic E-state index is -4.25. The van der Waals surface area contributed by atoms with E-state index in [-0.39, 0.29) is 43.2 Å². The Morgan fingerprint density at radius 3 is 2.76 bits per heavy atom. The van der Waals surface area contributed by atoms with Crippen LogP contribution in [0.3, 0.4) is 0 Å². The average Bonchev–Trinajstić information content (AvgIpc) is 2.84. The number of aliphatic carboxylic acids is 1. The highest BCUT2D eigenvalue weighted by molar-refractivity contribution is 7.89. The number of carboxylic acids is 1. The van der Waals surface area contributed by atoms with Crippen LogP contribution in [0.2, 0.25) is 0 Å². The second-order valence-corrected chi connectivity index (χ2v) is 10.9. The maximum absolute atomic E-state index is 13.6. The fourth-order valence-electron chi connectivity index (χ4n) is 4.41. The number of nitrogens with one attached hydrogen (secondary N) is 2. The molecular formula is C23H31N7O7S. The molecule has 3 rings (SSSR count). The number of aromatic nitrogens is 1. The number of hydrogen-bond donors (Lipinski definition) is 4. The van der Waals surface area contributed by atoms with Gasteiger partial charge in [-0.05, 0) is 62.8 Å². The number of nitrogens with two attached hydrogens (primary N) is 1. The van der Waals surface area contributed by atoms with Crippen LogP contribution in [0.15, 0.2) is 40.2 Å². The molecule has 0 aliphatic carbocycles. The number of hydrazine groups is 1. The number of fused-ring (bicyclic) bond motifs is 1. The van der Waals surface area contributed by atoms with Crippen LogP contribution in [-0.2, 0) is 19.6 Å². The number of sulfonamides is 1. The van der Waals surface area contributed by atoms with Crippen molar-refractivity contribution >= 4 is 38.8 Å². The first-order chi connectivity index (χ1) is 17.9. The summed E-state index contributed by atoms with van der Waals surface area (Å²) >= 11 is 0. The summed E-state index contributed by atoms with van der Waals surface area (Å²) in [6.45, 7) is 3.82. The van der Waals surface area contributed by atoms with Gasteiger partial charge >= 0.3 is 5.97 Å². The lowest BCUT2D eigenvalue weighted by Gasteiger charge is -2.38. The zero-order valence-electron chi connectivity index (χ0n) is 21.0. The van der Waals surface area contributed by atoms with E-state index in [1.54, 1.807) is 36.6 Å². The molecule has 0 spiro atoms. The number of nitrogens with zero attached hydrogens (tertiary/aromatic N) is 4. The Bertz CT molecular complexity index is 1350. The lowest BCUT2D eigenvalue weighted by atomic mass is 9.91. The van der Waals surface area contributed by atoms with E-state index in [2.05, 4.69) is 14.7 Å². The summed E-state index contributed by atoms with van der Waals surface area (Å²) in [5.74, 6) is -2.17. The van der Waals surface area contributed by atoms with Crippen molar-refractivity contribution in [2.24, 2.45) is 16.6 Å². The van der Waals surface area contributed by atoms with E-state index in [4.69, 9.17) is 5.73 Å². The number of nitro groups is 1. The highest BCUT2D eigenvalue weighted by Gasteiger charge is 2.38. The molecule has 3 atom stereocenters. The Kier molecular flexibility index (Phi) is 9.17. The summed E-state index contributed by atoms with van der Waals surface area (Å²) < 4.78 is 29.5. The molecule has 1 amide bonds.